The lowest BCUT2D eigenvalue weighted by Crippen LogP contribution is -2.09. The second-order valence-electron chi connectivity index (χ2n) is 5.21. The first-order valence-electron chi connectivity index (χ1n) is 7.08. The van der Waals surface area contributed by atoms with Crippen LogP contribution in [0.2, 0.25) is 0 Å². The predicted octanol–water partition coefficient (Wildman–Crippen LogP) is 3.16. The number of nitrogens with two attached hydrogens (primary N) is 1. The van der Waals surface area contributed by atoms with Crippen molar-refractivity contribution in [2.24, 2.45) is 0 Å². The van der Waals surface area contributed by atoms with E-state index in [1.54, 1.807) is 0 Å². The zero-order valence-electron chi connectivity index (χ0n) is 12.5. The summed E-state index contributed by atoms with van der Waals surface area (Å²) in [7, 11) is 0. The van der Waals surface area contributed by atoms with Gasteiger partial charge in [-0.3, -0.25) is 0 Å². The molecule has 4 N–H and O–H groups in total. The van der Waals surface area contributed by atoms with Crippen molar-refractivity contribution in [3.63, 3.8) is 0 Å². The van der Waals surface area contributed by atoms with Crippen LogP contribution >= 0.6 is 0 Å². The van der Waals surface area contributed by atoms with Gasteiger partial charge in [0, 0.05) is 6.54 Å². The summed E-state index contributed by atoms with van der Waals surface area (Å²) in [5.74, 6) is 0.700. The Hall–Kier alpha value is -2.20. The fourth-order valence-corrected chi connectivity index (χ4v) is 2.01. The van der Waals surface area contributed by atoms with Gasteiger partial charge >= 0.3 is 0 Å². The molecule has 0 spiro atoms. The number of aliphatic hydroxyl groups is 1. The quantitative estimate of drug-likeness (QED) is 0.714. The van der Waals surface area contributed by atoms with Gasteiger partial charge in [0.05, 0.1) is 24.1 Å². The number of rotatable bonds is 6. The van der Waals surface area contributed by atoms with E-state index >= 15 is 0 Å². The average molecular weight is 286 g/mol. The highest BCUT2D eigenvalue weighted by molar-refractivity contribution is 5.73. The molecule has 0 saturated heterocycles. The molecule has 0 aliphatic heterocycles. The van der Waals surface area contributed by atoms with E-state index < -0.39 is 0 Å². The zero-order chi connectivity index (χ0) is 15.2. The third-order valence-corrected chi connectivity index (χ3v) is 3.12. The van der Waals surface area contributed by atoms with Crippen molar-refractivity contribution in [1.29, 1.82) is 0 Å². The van der Waals surface area contributed by atoms with E-state index in [1.807, 2.05) is 56.3 Å². The van der Waals surface area contributed by atoms with E-state index in [9.17, 15) is 0 Å². The van der Waals surface area contributed by atoms with Crippen molar-refractivity contribution in [3.05, 3.63) is 53.6 Å². The molecular formula is C17H22N2O2. The van der Waals surface area contributed by atoms with Crippen LogP contribution in [0.15, 0.2) is 42.5 Å². The molecule has 112 valence electrons. The highest BCUT2D eigenvalue weighted by Gasteiger charge is 2.07. The summed E-state index contributed by atoms with van der Waals surface area (Å²) >= 11 is 0. The second-order valence-corrected chi connectivity index (χ2v) is 5.21. The highest BCUT2D eigenvalue weighted by Crippen LogP contribution is 2.30. The molecule has 0 aromatic heterocycles. The van der Waals surface area contributed by atoms with E-state index in [4.69, 9.17) is 15.6 Å². The molecule has 4 heteroatoms. The van der Waals surface area contributed by atoms with E-state index in [0.29, 0.717) is 18.0 Å². The van der Waals surface area contributed by atoms with Crippen molar-refractivity contribution in [2.45, 2.75) is 33.1 Å². The summed E-state index contributed by atoms with van der Waals surface area (Å²) in [5.41, 5.74) is 9.64. The summed E-state index contributed by atoms with van der Waals surface area (Å²) in [6.07, 6.45) is 0.0913. The van der Waals surface area contributed by atoms with Gasteiger partial charge < -0.3 is 20.9 Å². The van der Waals surface area contributed by atoms with Crippen LogP contribution in [-0.2, 0) is 13.2 Å². The van der Waals surface area contributed by atoms with Gasteiger partial charge in [-0.2, -0.15) is 0 Å². The lowest BCUT2D eigenvalue weighted by Gasteiger charge is -2.16. The summed E-state index contributed by atoms with van der Waals surface area (Å²) < 4.78 is 5.68. The normalized spacial score (nSPS) is 10.7. The number of anilines is 2. The van der Waals surface area contributed by atoms with Gasteiger partial charge in [0.2, 0.25) is 0 Å². The molecule has 0 fully saturated rings. The lowest BCUT2D eigenvalue weighted by molar-refractivity contribution is 0.244. The summed E-state index contributed by atoms with van der Waals surface area (Å²) in [5, 5.41) is 12.3. The number of para-hydroxylation sites is 1. The van der Waals surface area contributed by atoms with Crippen LogP contribution in [0.5, 0.6) is 5.75 Å². The van der Waals surface area contributed by atoms with Crippen molar-refractivity contribution in [1.82, 2.24) is 0 Å². The first kappa shape index (κ1) is 15.2. The van der Waals surface area contributed by atoms with Gasteiger partial charge in [-0.05, 0) is 37.1 Å². The Morgan fingerprint density at radius 1 is 1.10 bits per heavy atom. The SMILES string of the molecule is CC(C)Oc1cccc(NCc2ccc(CO)cc2)c1N. The third-order valence-electron chi connectivity index (χ3n) is 3.12. The van der Waals surface area contributed by atoms with Crippen LogP contribution in [-0.4, -0.2) is 11.2 Å². The van der Waals surface area contributed by atoms with Crippen LogP contribution in [0, 0.1) is 0 Å². The number of aliphatic hydroxyl groups excluding tert-OH is 1. The van der Waals surface area contributed by atoms with Crippen LogP contribution in [0.25, 0.3) is 0 Å². The van der Waals surface area contributed by atoms with Crippen molar-refractivity contribution < 1.29 is 9.84 Å². The molecule has 0 atom stereocenters. The minimum atomic E-state index is 0.0647. The van der Waals surface area contributed by atoms with Gasteiger partial charge in [-0.25, -0.2) is 0 Å². The van der Waals surface area contributed by atoms with Gasteiger partial charge in [0.15, 0.2) is 0 Å². The fraction of sp³-hybridized carbons (Fsp3) is 0.294. The number of benzene rings is 2. The standard InChI is InChI=1S/C17H22N2O2/c1-12(2)21-16-5-3-4-15(17(16)18)19-10-13-6-8-14(11-20)9-7-13/h3-9,12,19-20H,10-11,18H2,1-2H3. The molecule has 0 aliphatic rings. The average Bonchev–Trinajstić information content (AvgIpc) is 2.48. The molecule has 0 radical (unpaired) electrons. The van der Waals surface area contributed by atoms with Crippen molar-refractivity contribution in [2.75, 3.05) is 11.1 Å². The van der Waals surface area contributed by atoms with Crippen LogP contribution in [0.4, 0.5) is 11.4 Å². The third kappa shape index (κ3) is 4.13. The number of nitrogen functional groups attached to an aromatic ring is 1. The van der Waals surface area contributed by atoms with E-state index in [-0.39, 0.29) is 12.7 Å². The zero-order valence-corrected chi connectivity index (χ0v) is 12.5. The highest BCUT2D eigenvalue weighted by atomic mass is 16.5. The minimum Gasteiger partial charge on any atom is -0.489 e. The molecule has 0 bridgehead atoms. The number of ether oxygens (including phenoxy) is 1. The summed E-state index contributed by atoms with van der Waals surface area (Å²) in [6, 6.07) is 13.5. The molecule has 0 amide bonds. The largest absolute Gasteiger partial charge is 0.489 e. The van der Waals surface area contributed by atoms with E-state index in [2.05, 4.69) is 5.32 Å². The minimum absolute atomic E-state index is 0.0647. The van der Waals surface area contributed by atoms with Gasteiger partial charge in [-0.1, -0.05) is 30.3 Å². The predicted molar refractivity (Wildman–Crippen MR) is 86.3 cm³/mol. The molecule has 0 saturated carbocycles. The lowest BCUT2D eigenvalue weighted by atomic mass is 10.1. The Bertz CT molecular complexity index is 580. The van der Waals surface area contributed by atoms with Crippen LogP contribution < -0.4 is 15.8 Å². The van der Waals surface area contributed by atoms with Gasteiger partial charge in [-0.15, -0.1) is 0 Å². The van der Waals surface area contributed by atoms with Gasteiger partial charge in [0.1, 0.15) is 5.75 Å². The first-order chi connectivity index (χ1) is 10.1. The second kappa shape index (κ2) is 6.99. The maximum Gasteiger partial charge on any atom is 0.144 e. The van der Waals surface area contributed by atoms with Crippen molar-refractivity contribution >= 4 is 11.4 Å². The number of hydrogen-bond donors (Lipinski definition) is 3. The molecular weight excluding hydrogens is 264 g/mol. The van der Waals surface area contributed by atoms with E-state index in [1.165, 1.54) is 0 Å². The Balaban J connectivity index is 2.05. The number of nitrogens with one attached hydrogen (secondary N) is 1. The number of hydrogen-bond acceptors (Lipinski definition) is 4. The summed E-state index contributed by atoms with van der Waals surface area (Å²) in [6.45, 7) is 4.68. The molecule has 2 rings (SSSR count). The maximum atomic E-state index is 9.03. The fourth-order valence-electron chi connectivity index (χ4n) is 2.01. The molecule has 21 heavy (non-hydrogen) atoms. The molecule has 4 nitrogen and oxygen atoms in total. The summed E-state index contributed by atoms with van der Waals surface area (Å²) in [4.78, 5) is 0. The molecule has 0 unspecified atom stereocenters. The smallest absolute Gasteiger partial charge is 0.144 e. The Morgan fingerprint density at radius 2 is 1.76 bits per heavy atom. The van der Waals surface area contributed by atoms with Crippen LogP contribution in [0.1, 0.15) is 25.0 Å². The molecule has 0 aliphatic carbocycles. The Labute approximate surface area is 125 Å². The molecule has 2 aromatic rings. The Morgan fingerprint density at radius 3 is 2.38 bits per heavy atom. The Kier molecular flexibility index (Phi) is 5.06. The maximum absolute atomic E-state index is 9.03. The van der Waals surface area contributed by atoms with Crippen LogP contribution in [0.3, 0.4) is 0 Å². The molecule has 2 aromatic carbocycles. The monoisotopic (exact) mass is 286 g/mol. The van der Waals surface area contributed by atoms with Gasteiger partial charge in [0.25, 0.3) is 0 Å². The molecule has 0 heterocycles. The van der Waals surface area contributed by atoms with E-state index in [0.717, 1.165) is 16.8 Å². The topological polar surface area (TPSA) is 67.5 Å². The van der Waals surface area contributed by atoms with Crippen molar-refractivity contribution in [3.8, 4) is 5.75 Å². The first-order valence-corrected chi connectivity index (χ1v) is 7.08.